The van der Waals surface area contributed by atoms with E-state index >= 15 is 0 Å². The maximum atomic E-state index is 10.4. The van der Waals surface area contributed by atoms with Gasteiger partial charge in [-0.25, -0.2) is 13.0 Å². The molecule has 17 heavy (non-hydrogen) atoms. The molecule has 0 aliphatic rings. The Morgan fingerprint density at radius 3 is 2.29 bits per heavy atom. The van der Waals surface area contributed by atoms with Crippen molar-refractivity contribution in [2.45, 2.75) is 32.7 Å². The number of rotatable bonds is 6. The third-order valence-electron chi connectivity index (χ3n) is 2.43. The minimum atomic E-state index is -4.05. The molecule has 0 amide bonds. The third kappa shape index (κ3) is 7.56. The molecule has 90 valence electrons. The van der Waals surface area contributed by atoms with Gasteiger partial charge in [0.1, 0.15) is 6.54 Å². The Kier molecular flexibility index (Phi) is 7.72. The Morgan fingerprint density at radius 2 is 1.82 bits per heavy atom. The maximum absolute atomic E-state index is 10.4. The van der Waals surface area contributed by atoms with Crippen LogP contribution < -0.4 is 23.4 Å². The van der Waals surface area contributed by atoms with Crippen molar-refractivity contribution in [1.82, 2.24) is 0 Å². The first-order chi connectivity index (χ1) is 7.51. The Labute approximate surface area is 115 Å². The van der Waals surface area contributed by atoms with Crippen LogP contribution in [0.2, 0.25) is 0 Å². The van der Waals surface area contributed by atoms with Crippen molar-refractivity contribution < 1.29 is 36.4 Å². The van der Waals surface area contributed by atoms with E-state index in [9.17, 15) is 13.0 Å². The van der Waals surface area contributed by atoms with Gasteiger partial charge in [-0.15, -0.1) is 0 Å². The zero-order valence-corrected chi connectivity index (χ0v) is 11.2. The first-order valence-electron chi connectivity index (χ1n) is 5.43. The van der Waals surface area contributed by atoms with Crippen LogP contribution in [0.1, 0.15) is 25.3 Å². The van der Waals surface area contributed by atoms with Crippen molar-refractivity contribution in [3.63, 3.8) is 0 Å². The smallest absolute Gasteiger partial charge is 0.748 e. The van der Waals surface area contributed by atoms with Crippen LogP contribution in [0, 0.1) is 0 Å². The summed E-state index contributed by atoms with van der Waals surface area (Å²) in [6, 6.07) is 4.09. The molecule has 0 saturated heterocycles. The van der Waals surface area contributed by atoms with Crippen LogP contribution in [0.25, 0.3) is 0 Å². The van der Waals surface area contributed by atoms with Crippen LogP contribution in [0.4, 0.5) is 0 Å². The topological polar surface area (TPSA) is 61.1 Å². The van der Waals surface area contributed by atoms with E-state index in [4.69, 9.17) is 0 Å². The van der Waals surface area contributed by atoms with Crippen molar-refractivity contribution in [3.8, 4) is 0 Å². The molecule has 0 aliphatic carbocycles. The summed E-state index contributed by atoms with van der Waals surface area (Å²) in [7, 11) is -4.05. The summed E-state index contributed by atoms with van der Waals surface area (Å²) >= 11 is 0. The van der Waals surface area contributed by atoms with Gasteiger partial charge in [0.2, 0.25) is 0 Å². The average molecular weight is 250 g/mol. The third-order valence-corrected chi connectivity index (χ3v) is 3.22. The molecule has 0 bridgehead atoms. The van der Waals surface area contributed by atoms with E-state index in [-0.39, 0.29) is 24.6 Å². The summed E-state index contributed by atoms with van der Waals surface area (Å²) < 4.78 is 33.1. The maximum Gasteiger partial charge on any atom is 1.00 e. The van der Waals surface area contributed by atoms with Crippen molar-refractivity contribution in [2.24, 2.45) is 0 Å². The van der Waals surface area contributed by atoms with Crippen LogP contribution in [0.5, 0.6) is 0 Å². The van der Waals surface area contributed by atoms with Crippen LogP contribution in [0.15, 0.2) is 24.5 Å². The molecule has 0 aliphatic heterocycles. The summed E-state index contributed by atoms with van der Waals surface area (Å²) in [4.78, 5) is 0. The molecule has 6 heteroatoms. The van der Waals surface area contributed by atoms with Gasteiger partial charge < -0.3 is 4.55 Å². The Balaban J connectivity index is 0.00000256. The van der Waals surface area contributed by atoms with E-state index in [2.05, 4.69) is 6.92 Å². The van der Waals surface area contributed by atoms with E-state index in [1.54, 1.807) is 0 Å². The van der Waals surface area contributed by atoms with Crippen LogP contribution in [0.3, 0.4) is 0 Å². The minimum absolute atomic E-state index is 0. The predicted octanol–water partition coefficient (Wildman–Crippen LogP) is -2.13. The normalized spacial score (nSPS) is 10.9. The molecule has 0 saturated carbocycles. The fourth-order valence-electron chi connectivity index (χ4n) is 1.45. The second-order valence-electron chi connectivity index (χ2n) is 3.77. The van der Waals surface area contributed by atoms with E-state index in [0.717, 1.165) is 13.0 Å². The molecule has 0 radical (unpaired) electrons. The van der Waals surface area contributed by atoms with Crippen LogP contribution in [-0.4, -0.2) is 18.7 Å². The van der Waals surface area contributed by atoms with Crippen molar-refractivity contribution in [1.29, 1.82) is 0 Å². The molecule has 0 N–H and O–H groups in total. The van der Waals surface area contributed by atoms with Crippen LogP contribution >= 0.6 is 0 Å². The molecular formula is C11H17LiNO3S+. The molecule has 0 fully saturated rings. The van der Waals surface area contributed by atoms with Crippen molar-refractivity contribution >= 4 is 10.1 Å². The summed E-state index contributed by atoms with van der Waals surface area (Å²) in [6.07, 6.45) is 6.09. The Morgan fingerprint density at radius 1 is 1.24 bits per heavy atom. The Hall–Kier alpha value is -0.343. The van der Waals surface area contributed by atoms with Gasteiger partial charge in [-0.3, -0.25) is 0 Å². The quantitative estimate of drug-likeness (QED) is 0.251. The number of hydrogen-bond acceptors (Lipinski definition) is 3. The standard InChI is InChI=1S/C11H17NO3S.Li/c1-2-11-5-8-12(9-6-11)7-3-4-10-16(13,14)15;/h5-6,8-9H,2-4,7,10H2,1H3;/q;+1. The molecule has 0 unspecified atom stereocenters. The summed E-state index contributed by atoms with van der Waals surface area (Å²) in [5.74, 6) is -0.263. The fraction of sp³-hybridized carbons (Fsp3) is 0.545. The number of nitrogens with zero attached hydrogens (tertiary/aromatic N) is 1. The molecule has 1 aromatic rings. The molecule has 0 aromatic carbocycles. The molecule has 1 aromatic heterocycles. The fourth-order valence-corrected chi connectivity index (χ4v) is 2.00. The Bertz CT molecular complexity index is 417. The van der Waals surface area contributed by atoms with E-state index in [0.29, 0.717) is 12.8 Å². The largest absolute Gasteiger partial charge is 1.00 e. The van der Waals surface area contributed by atoms with Gasteiger partial charge >= 0.3 is 18.9 Å². The molecule has 4 nitrogen and oxygen atoms in total. The number of aryl methyl sites for hydroxylation is 2. The monoisotopic (exact) mass is 250 g/mol. The van der Waals surface area contributed by atoms with E-state index in [1.807, 2.05) is 29.1 Å². The van der Waals surface area contributed by atoms with Gasteiger partial charge in [-0.05, 0) is 18.4 Å². The summed E-state index contributed by atoms with van der Waals surface area (Å²) in [6.45, 7) is 2.85. The first-order valence-corrected chi connectivity index (χ1v) is 7.00. The van der Waals surface area contributed by atoms with Gasteiger partial charge in [-0.1, -0.05) is 6.92 Å². The van der Waals surface area contributed by atoms with Gasteiger partial charge in [0.25, 0.3) is 0 Å². The molecule has 1 heterocycles. The van der Waals surface area contributed by atoms with Gasteiger partial charge in [0, 0.05) is 24.3 Å². The van der Waals surface area contributed by atoms with Crippen LogP contribution in [-0.2, 0) is 23.1 Å². The zero-order chi connectivity index (χ0) is 12.0. The van der Waals surface area contributed by atoms with E-state index in [1.165, 1.54) is 5.56 Å². The first kappa shape index (κ1) is 16.7. The number of pyridine rings is 1. The molecule has 1 rings (SSSR count). The molecule has 0 spiro atoms. The molecular weight excluding hydrogens is 233 g/mol. The van der Waals surface area contributed by atoms with Crippen molar-refractivity contribution in [3.05, 3.63) is 30.1 Å². The minimum Gasteiger partial charge on any atom is -0.748 e. The number of hydrogen-bond donors (Lipinski definition) is 0. The second kappa shape index (κ2) is 7.88. The number of aromatic nitrogens is 1. The van der Waals surface area contributed by atoms with Crippen molar-refractivity contribution in [2.75, 3.05) is 5.75 Å². The van der Waals surface area contributed by atoms with Gasteiger partial charge in [-0.2, -0.15) is 0 Å². The SMILES string of the molecule is CCc1cc[n+](CCCCS(=O)(=O)[O-])cc1.[Li+]. The summed E-state index contributed by atoms with van der Waals surface area (Å²) in [5.41, 5.74) is 1.28. The predicted molar refractivity (Wildman–Crippen MR) is 59.8 cm³/mol. The number of unbranched alkanes of at least 4 members (excludes halogenated alkanes) is 1. The average Bonchev–Trinajstić information content (AvgIpc) is 2.24. The second-order valence-corrected chi connectivity index (χ2v) is 5.29. The summed E-state index contributed by atoms with van der Waals surface area (Å²) in [5, 5.41) is 0. The zero-order valence-electron chi connectivity index (χ0n) is 10.4. The van der Waals surface area contributed by atoms with Gasteiger partial charge in [0.15, 0.2) is 12.4 Å². The van der Waals surface area contributed by atoms with E-state index < -0.39 is 10.1 Å². The molecule has 0 atom stereocenters. The van der Waals surface area contributed by atoms with Gasteiger partial charge in [0.05, 0.1) is 10.1 Å².